The molecular formula is C43H38Br2N8O7S. The maximum absolute atomic E-state index is 12.9. The molecule has 9 aromatic rings. The molecule has 0 spiro atoms. The van der Waals surface area contributed by atoms with Crippen LogP contribution in [0.25, 0.3) is 44.0 Å². The number of primary sulfonamides is 1. The Hall–Kier alpha value is -6.21. The number of benzene rings is 4. The number of nitrogens with zero attached hydrogens (tertiary/aromatic N) is 4. The topological polar surface area (TPSA) is 250 Å². The minimum absolute atomic E-state index is 0.0734. The van der Waals surface area contributed by atoms with Crippen LogP contribution >= 0.6 is 31.9 Å². The van der Waals surface area contributed by atoms with E-state index in [4.69, 9.17) is 24.8 Å². The number of pyridine rings is 1. The zero-order valence-corrected chi connectivity index (χ0v) is 36.5. The van der Waals surface area contributed by atoms with Gasteiger partial charge in [0, 0.05) is 39.5 Å². The molecule has 5 aromatic heterocycles. The van der Waals surface area contributed by atoms with Gasteiger partial charge in [-0.3, -0.25) is 14.6 Å². The molecule has 10 rings (SSSR count). The SMILES string of the molecule is CCc1oc2ccccc2c1C(=O)c1cc(Br)c(O)c(Br)c1.NS(=O)(=O)Cc1noc2ccccc12.Nc1c2c(nc3ccccc13)CCCC2.O=c1[nH]cnc2nc[nH]c12. The van der Waals surface area contributed by atoms with Crippen molar-refractivity contribution in [2.24, 2.45) is 5.14 Å². The van der Waals surface area contributed by atoms with Crippen molar-refractivity contribution in [2.45, 2.75) is 44.8 Å². The Balaban J connectivity index is 0.000000127. The maximum atomic E-state index is 12.9. The summed E-state index contributed by atoms with van der Waals surface area (Å²) in [5.74, 6) is 0.323. The molecule has 0 fully saturated rings. The molecule has 1 aliphatic rings. The van der Waals surface area contributed by atoms with Crippen LogP contribution in [0.1, 0.15) is 58.4 Å². The lowest BCUT2D eigenvalue weighted by molar-refractivity contribution is 0.103. The number of aromatic nitrogens is 6. The van der Waals surface area contributed by atoms with Gasteiger partial charge in [0.05, 0.1) is 32.7 Å². The molecule has 0 amide bonds. The fourth-order valence-electron chi connectivity index (χ4n) is 6.85. The van der Waals surface area contributed by atoms with Gasteiger partial charge in [0.25, 0.3) is 5.56 Å². The van der Waals surface area contributed by atoms with Gasteiger partial charge in [-0.05, 0) is 99.5 Å². The summed E-state index contributed by atoms with van der Waals surface area (Å²) in [5, 5.41) is 20.9. The number of nitrogen functional groups attached to an aromatic ring is 1. The molecule has 0 atom stereocenters. The highest BCUT2D eigenvalue weighted by Crippen LogP contribution is 2.36. The first-order valence-electron chi connectivity index (χ1n) is 18.9. The van der Waals surface area contributed by atoms with Crippen LogP contribution in [0, 0.1) is 0 Å². The average Bonchev–Trinajstić information content (AvgIpc) is 4.01. The summed E-state index contributed by atoms with van der Waals surface area (Å²) in [4.78, 5) is 41.2. The normalized spacial score (nSPS) is 12.2. The van der Waals surface area contributed by atoms with Gasteiger partial charge in [-0.1, -0.05) is 60.6 Å². The number of halogens is 2. The van der Waals surface area contributed by atoms with E-state index in [1.165, 1.54) is 36.8 Å². The molecule has 18 heteroatoms. The number of anilines is 1. The third-order valence-electron chi connectivity index (χ3n) is 9.73. The van der Waals surface area contributed by atoms with Gasteiger partial charge in [0.2, 0.25) is 10.0 Å². The van der Waals surface area contributed by atoms with E-state index in [1.807, 2.05) is 49.4 Å². The number of phenols is 1. The molecule has 0 radical (unpaired) electrons. The van der Waals surface area contributed by atoms with Crippen LogP contribution in [-0.2, 0) is 35.0 Å². The summed E-state index contributed by atoms with van der Waals surface area (Å²) < 4.78 is 33.3. The second-order valence-electron chi connectivity index (χ2n) is 13.8. The van der Waals surface area contributed by atoms with Gasteiger partial charge < -0.3 is 29.7 Å². The van der Waals surface area contributed by atoms with E-state index in [0.717, 1.165) is 34.8 Å². The number of carbonyl (C=O) groups is 1. The lowest BCUT2D eigenvalue weighted by atomic mass is 9.93. The van der Waals surface area contributed by atoms with Gasteiger partial charge >= 0.3 is 0 Å². The third-order valence-corrected chi connectivity index (χ3v) is 11.6. The Labute approximate surface area is 364 Å². The van der Waals surface area contributed by atoms with Crippen molar-refractivity contribution in [2.75, 3.05) is 5.73 Å². The number of H-pyrrole nitrogens is 2. The molecule has 1 aliphatic carbocycles. The van der Waals surface area contributed by atoms with Gasteiger partial charge in [0.15, 0.2) is 22.5 Å². The summed E-state index contributed by atoms with van der Waals surface area (Å²) in [6.07, 6.45) is 8.08. The third kappa shape index (κ3) is 9.73. The molecule has 0 unspecified atom stereocenters. The van der Waals surface area contributed by atoms with Crippen LogP contribution in [0.2, 0.25) is 0 Å². The van der Waals surface area contributed by atoms with Crippen molar-refractivity contribution in [3.8, 4) is 5.75 Å². The van der Waals surface area contributed by atoms with Crippen molar-refractivity contribution >= 4 is 97.4 Å². The summed E-state index contributed by atoms with van der Waals surface area (Å²) in [7, 11) is -3.56. The highest BCUT2D eigenvalue weighted by atomic mass is 79.9. The first-order valence-corrected chi connectivity index (χ1v) is 22.2. The van der Waals surface area contributed by atoms with Gasteiger partial charge in [0.1, 0.15) is 28.5 Å². The van der Waals surface area contributed by atoms with Crippen LogP contribution in [0.5, 0.6) is 5.75 Å². The number of phenolic OH excluding ortho intramolecular Hbond substituents is 1. The number of aryl methyl sites for hydroxylation is 2. The molecule has 0 saturated heterocycles. The second kappa shape index (κ2) is 18.6. The number of furan rings is 1. The molecular weight excluding hydrogens is 932 g/mol. The number of rotatable bonds is 5. The van der Waals surface area contributed by atoms with Gasteiger partial charge in [-0.25, -0.2) is 23.5 Å². The summed E-state index contributed by atoms with van der Waals surface area (Å²) >= 11 is 6.52. The zero-order chi connectivity index (χ0) is 43.3. The summed E-state index contributed by atoms with van der Waals surface area (Å²) in [6.45, 7) is 1.96. The zero-order valence-electron chi connectivity index (χ0n) is 32.5. The van der Waals surface area contributed by atoms with Crippen molar-refractivity contribution in [1.29, 1.82) is 0 Å². The Morgan fingerprint density at radius 1 is 0.869 bits per heavy atom. The smallest absolute Gasteiger partial charge is 0.276 e. The van der Waals surface area contributed by atoms with E-state index in [9.17, 15) is 23.1 Å². The van der Waals surface area contributed by atoms with E-state index in [-0.39, 0.29) is 22.8 Å². The molecule has 0 aliphatic heterocycles. The number of ketones is 1. The van der Waals surface area contributed by atoms with E-state index < -0.39 is 10.0 Å². The fourth-order valence-corrected chi connectivity index (χ4v) is 8.63. The van der Waals surface area contributed by atoms with Crippen molar-refractivity contribution in [1.82, 2.24) is 30.1 Å². The first kappa shape index (κ1) is 42.9. The highest BCUT2D eigenvalue weighted by molar-refractivity contribution is 9.11. The number of imidazole rings is 1. The average molecular weight is 971 g/mol. The number of aromatic amines is 2. The lowest BCUT2D eigenvalue weighted by Gasteiger charge is -2.18. The molecule has 7 N–H and O–H groups in total. The molecule has 0 bridgehead atoms. The Kier molecular flexibility index (Phi) is 13.1. The van der Waals surface area contributed by atoms with Gasteiger partial charge in [-0.2, -0.15) is 0 Å². The summed E-state index contributed by atoms with van der Waals surface area (Å²) in [6, 6.07) is 25.9. The number of hydrogen-bond acceptors (Lipinski definition) is 12. The number of nitrogens with two attached hydrogens (primary N) is 2. The lowest BCUT2D eigenvalue weighted by Crippen LogP contribution is -2.14. The molecule has 0 saturated carbocycles. The van der Waals surface area contributed by atoms with Crippen LogP contribution < -0.4 is 16.4 Å². The number of hydrogen-bond donors (Lipinski definition) is 5. The van der Waals surface area contributed by atoms with Crippen LogP contribution in [0.4, 0.5) is 5.69 Å². The van der Waals surface area contributed by atoms with Gasteiger partial charge in [-0.15, -0.1) is 0 Å². The molecule has 61 heavy (non-hydrogen) atoms. The van der Waals surface area contributed by atoms with E-state index >= 15 is 0 Å². The van der Waals surface area contributed by atoms with E-state index in [1.54, 1.807) is 36.4 Å². The van der Waals surface area contributed by atoms with Crippen molar-refractivity contribution in [3.63, 3.8) is 0 Å². The molecule has 4 aromatic carbocycles. The van der Waals surface area contributed by atoms with Crippen molar-refractivity contribution in [3.05, 3.63) is 151 Å². The Morgan fingerprint density at radius 3 is 2.18 bits per heavy atom. The minimum atomic E-state index is -3.56. The largest absolute Gasteiger partial charge is 0.506 e. The molecule has 312 valence electrons. The fraction of sp³-hybridized carbons (Fsp3) is 0.163. The van der Waals surface area contributed by atoms with Crippen LogP contribution in [-0.4, -0.2) is 49.4 Å². The Bertz CT molecular complexity index is 3190. The monoisotopic (exact) mass is 968 g/mol. The number of para-hydroxylation sites is 3. The summed E-state index contributed by atoms with van der Waals surface area (Å²) in [5.41, 5.74) is 14.1. The quantitative estimate of drug-likeness (QED) is 0.102. The molecule has 5 heterocycles. The second-order valence-corrected chi connectivity index (χ2v) is 17.1. The van der Waals surface area contributed by atoms with E-state index in [0.29, 0.717) is 65.7 Å². The van der Waals surface area contributed by atoms with Crippen LogP contribution in [0.15, 0.2) is 120 Å². The first-order chi connectivity index (χ1) is 29.3. The number of nitrogens with one attached hydrogen (secondary N) is 2. The number of fused-ring (bicyclic) bond motifs is 5. The minimum Gasteiger partial charge on any atom is -0.506 e. The standard InChI is InChI=1S/C17H12Br2O3.C13H14N2.C8H8N2O3S.C5H4N4O/c1-2-13-15(10-5-3-4-6-14(10)22-13)16(20)9-7-11(18)17(21)12(19)8-9;14-13-9-5-1-3-7-11(9)15-12-8-4-2-6-10(12)13;9-14(11,12)5-7-6-3-1-2-4-8(6)13-10-7;10-5-3-4(7-1-6-3)8-2-9-5/h3-8,21H,2H2,1H3;1,3,5,7H,2,4,6,8H2,(H2,14,15);1-4H,5H2,(H2,9,11,12);1-2H,(H2,6,7,8,9,10). The Morgan fingerprint density at radius 2 is 1.49 bits per heavy atom. The van der Waals surface area contributed by atoms with Crippen LogP contribution in [0.3, 0.4) is 0 Å². The predicted molar refractivity (Wildman–Crippen MR) is 241 cm³/mol. The van der Waals surface area contributed by atoms with E-state index in [2.05, 4.69) is 63.0 Å². The van der Waals surface area contributed by atoms with Crippen molar-refractivity contribution < 1.29 is 27.3 Å². The number of carbonyl (C=O) groups excluding carboxylic acids is 1. The number of sulfonamides is 1. The predicted octanol–water partition coefficient (Wildman–Crippen LogP) is 8.42. The maximum Gasteiger partial charge on any atom is 0.276 e. The highest BCUT2D eigenvalue weighted by Gasteiger charge is 2.22. The molecule has 15 nitrogen and oxygen atoms in total. The number of aromatic hydroxyl groups is 1.